The smallest absolute Gasteiger partial charge is 0.251 e. The molecule has 0 aliphatic rings. The molecule has 126 valence electrons. The number of carbonyl (C=O) groups excluding carboxylic acids is 2. The molecule has 24 heavy (non-hydrogen) atoms. The summed E-state index contributed by atoms with van der Waals surface area (Å²) in [5, 5.41) is 5.79. The quantitative estimate of drug-likeness (QED) is 0.887. The Morgan fingerprint density at radius 1 is 0.833 bits per heavy atom. The molecule has 0 aromatic heterocycles. The Hall–Kier alpha value is -2.62. The van der Waals surface area contributed by atoms with E-state index in [1.165, 1.54) is 5.56 Å². The van der Waals surface area contributed by atoms with E-state index in [1.54, 1.807) is 24.3 Å². The summed E-state index contributed by atoms with van der Waals surface area (Å²) in [4.78, 5) is 24.2. The third-order valence-corrected chi connectivity index (χ3v) is 3.44. The molecule has 0 bridgehead atoms. The van der Waals surface area contributed by atoms with Crippen molar-refractivity contribution in [3.63, 3.8) is 0 Å². The highest BCUT2D eigenvalue weighted by Crippen LogP contribution is 2.07. The lowest BCUT2D eigenvalue weighted by molar-refractivity contribution is 0.0915. The van der Waals surface area contributed by atoms with Crippen molar-refractivity contribution in [1.29, 1.82) is 0 Å². The van der Waals surface area contributed by atoms with Gasteiger partial charge in [-0.1, -0.05) is 30.3 Å². The Morgan fingerprint density at radius 2 is 1.38 bits per heavy atom. The van der Waals surface area contributed by atoms with Gasteiger partial charge >= 0.3 is 0 Å². The van der Waals surface area contributed by atoms with Gasteiger partial charge in [0, 0.05) is 23.2 Å². The van der Waals surface area contributed by atoms with Crippen LogP contribution in [-0.2, 0) is 6.42 Å². The summed E-state index contributed by atoms with van der Waals surface area (Å²) in [7, 11) is 0. The van der Waals surface area contributed by atoms with Gasteiger partial charge in [0.1, 0.15) is 0 Å². The molecule has 0 aliphatic heterocycles. The predicted molar refractivity (Wildman–Crippen MR) is 96.1 cm³/mol. The van der Waals surface area contributed by atoms with E-state index in [0.717, 1.165) is 6.42 Å². The molecule has 2 aromatic rings. The van der Waals surface area contributed by atoms with Gasteiger partial charge in [-0.05, 0) is 57.0 Å². The van der Waals surface area contributed by atoms with Crippen LogP contribution in [0.15, 0.2) is 54.6 Å². The molecule has 0 unspecified atom stereocenters. The Balaban J connectivity index is 1.88. The second-order valence-electron chi connectivity index (χ2n) is 6.77. The number of benzene rings is 2. The van der Waals surface area contributed by atoms with Gasteiger partial charge in [0.2, 0.25) is 0 Å². The average molecular weight is 324 g/mol. The van der Waals surface area contributed by atoms with Crippen LogP contribution in [0.4, 0.5) is 0 Å². The SMILES string of the molecule is CC(C)(C)NC(=O)c1ccc(C(=O)NCCc2ccccc2)cc1. The summed E-state index contributed by atoms with van der Waals surface area (Å²) in [6.45, 7) is 6.37. The summed E-state index contributed by atoms with van der Waals surface area (Å²) in [5.41, 5.74) is 2.00. The third-order valence-electron chi connectivity index (χ3n) is 3.44. The van der Waals surface area contributed by atoms with Gasteiger partial charge in [-0.2, -0.15) is 0 Å². The summed E-state index contributed by atoms with van der Waals surface area (Å²) in [6.07, 6.45) is 0.790. The van der Waals surface area contributed by atoms with Crippen LogP contribution in [0.2, 0.25) is 0 Å². The molecule has 2 N–H and O–H groups in total. The van der Waals surface area contributed by atoms with Gasteiger partial charge in [-0.15, -0.1) is 0 Å². The summed E-state index contributed by atoms with van der Waals surface area (Å²) < 4.78 is 0. The molecule has 0 spiro atoms. The fraction of sp³-hybridized carbons (Fsp3) is 0.300. The van der Waals surface area contributed by atoms with E-state index >= 15 is 0 Å². The fourth-order valence-corrected chi connectivity index (χ4v) is 2.25. The van der Waals surface area contributed by atoms with Crippen LogP contribution in [0.25, 0.3) is 0 Å². The molecule has 0 saturated heterocycles. The van der Waals surface area contributed by atoms with Crippen molar-refractivity contribution in [2.75, 3.05) is 6.54 Å². The topological polar surface area (TPSA) is 58.2 Å². The molecule has 0 fully saturated rings. The molecule has 0 radical (unpaired) electrons. The molecule has 2 amide bonds. The zero-order chi connectivity index (χ0) is 17.6. The molecule has 0 saturated carbocycles. The van der Waals surface area contributed by atoms with Crippen molar-refractivity contribution in [2.24, 2.45) is 0 Å². The molecule has 0 heterocycles. The highest BCUT2D eigenvalue weighted by atomic mass is 16.2. The van der Waals surface area contributed by atoms with Crippen LogP contribution >= 0.6 is 0 Å². The van der Waals surface area contributed by atoms with Gasteiger partial charge in [-0.25, -0.2) is 0 Å². The Kier molecular flexibility index (Phi) is 5.74. The molecule has 2 rings (SSSR count). The van der Waals surface area contributed by atoms with Crippen LogP contribution in [0.1, 0.15) is 47.1 Å². The molecule has 0 aliphatic carbocycles. The van der Waals surface area contributed by atoms with E-state index in [1.807, 2.05) is 51.1 Å². The molecular formula is C20H24N2O2. The van der Waals surface area contributed by atoms with Crippen LogP contribution in [0.3, 0.4) is 0 Å². The van der Waals surface area contributed by atoms with Gasteiger partial charge in [0.05, 0.1) is 0 Å². The number of nitrogens with one attached hydrogen (secondary N) is 2. The van der Waals surface area contributed by atoms with E-state index in [9.17, 15) is 9.59 Å². The van der Waals surface area contributed by atoms with Crippen LogP contribution < -0.4 is 10.6 Å². The number of amides is 2. The van der Waals surface area contributed by atoms with Crippen molar-refractivity contribution in [3.05, 3.63) is 71.3 Å². The maximum Gasteiger partial charge on any atom is 0.251 e. The van der Waals surface area contributed by atoms with Gasteiger partial charge < -0.3 is 10.6 Å². The number of carbonyl (C=O) groups is 2. The van der Waals surface area contributed by atoms with Gasteiger partial charge in [-0.3, -0.25) is 9.59 Å². The van der Waals surface area contributed by atoms with Crippen molar-refractivity contribution in [3.8, 4) is 0 Å². The van der Waals surface area contributed by atoms with Gasteiger partial charge in [0.15, 0.2) is 0 Å². The maximum atomic E-state index is 12.1. The first-order valence-electron chi connectivity index (χ1n) is 8.10. The van der Waals surface area contributed by atoms with Crippen LogP contribution in [0.5, 0.6) is 0 Å². The number of rotatable bonds is 5. The summed E-state index contributed by atoms with van der Waals surface area (Å²) >= 11 is 0. The normalized spacial score (nSPS) is 11.0. The van der Waals surface area contributed by atoms with E-state index in [-0.39, 0.29) is 17.4 Å². The largest absolute Gasteiger partial charge is 0.352 e. The standard InChI is InChI=1S/C20H24N2O2/c1-20(2,3)22-19(24)17-11-9-16(10-12-17)18(23)21-14-13-15-7-5-4-6-8-15/h4-12H,13-14H2,1-3H3,(H,21,23)(H,22,24). The fourth-order valence-electron chi connectivity index (χ4n) is 2.25. The molecule has 2 aromatic carbocycles. The first-order valence-corrected chi connectivity index (χ1v) is 8.10. The molecular weight excluding hydrogens is 300 g/mol. The van der Waals surface area contributed by atoms with E-state index in [2.05, 4.69) is 10.6 Å². The van der Waals surface area contributed by atoms with E-state index in [4.69, 9.17) is 0 Å². The lowest BCUT2D eigenvalue weighted by atomic mass is 10.1. The Bertz CT molecular complexity index is 686. The zero-order valence-electron chi connectivity index (χ0n) is 14.4. The second kappa shape index (κ2) is 7.77. The van der Waals surface area contributed by atoms with Crippen LogP contribution in [0, 0.1) is 0 Å². The minimum absolute atomic E-state index is 0.131. The van der Waals surface area contributed by atoms with Crippen molar-refractivity contribution in [2.45, 2.75) is 32.7 Å². The summed E-state index contributed by atoms with van der Waals surface area (Å²) in [6, 6.07) is 16.7. The number of hydrogen-bond donors (Lipinski definition) is 2. The van der Waals surface area contributed by atoms with Crippen LogP contribution in [-0.4, -0.2) is 23.9 Å². The lowest BCUT2D eigenvalue weighted by Crippen LogP contribution is -2.40. The van der Waals surface area contributed by atoms with Crippen molar-refractivity contribution >= 4 is 11.8 Å². The minimum Gasteiger partial charge on any atom is -0.352 e. The average Bonchev–Trinajstić information content (AvgIpc) is 2.54. The zero-order valence-corrected chi connectivity index (χ0v) is 14.4. The molecule has 4 heteroatoms. The van der Waals surface area contributed by atoms with E-state index in [0.29, 0.717) is 17.7 Å². The Labute approximate surface area is 143 Å². The monoisotopic (exact) mass is 324 g/mol. The molecule has 4 nitrogen and oxygen atoms in total. The third kappa shape index (κ3) is 5.54. The highest BCUT2D eigenvalue weighted by molar-refractivity contribution is 5.98. The van der Waals surface area contributed by atoms with Crippen molar-refractivity contribution in [1.82, 2.24) is 10.6 Å². The highest BCUT2D eigenvalue weighted by Gasteiger charge is 2.15. The maximum absolute atomic E-state index is 12.1. The predicted octanol–water partition coefficient (Wildman–Crippen LogP) is 3.19. The Morgan fingerprint density at radius 3 is 1.92 bits per heavy atom. The van der Waals surface area contributed by atoms with E-state index < -0.39 is 0 Å². The second-order valence-corrected chi connectivity index (χ2v) is 6.77. The lowest BCUT2D eigenvalue weighted by Gasteiger charge is -2.20. The first-order chi connectivity index (χ1) is 11.3. The summed E-state index contributed by atoms with van der Waals surface area (Å²) in [5.74, 6) is -0.271. The number of hydrogen-bond acceptors (Lipinski definition) is 2. The van der Waals surface area contributed by atoms with Crippen molar-refractivity contribution < 1.29 is 9.59 Å². The minimum atomic E-state index is -0.287. The van der Waals surface area contributed by atoms with Gasteiger partial charge in [0.25, 0.3) is 11.8 Å². The first kappa shape index (κ1) is 17.7. The molecule has 0 atom stereocenters.